The first-order chi connectivity index (χ1) is 9.66. The first kappa shape index (κ1) is 17.6. The minimum absolute atomic E-state index is 0.464. The molecule has 0 aromatic heterocycles. The highest BCUT2D eigenvalue weighted by atomic mass is 79.9. The van der Waals surface area contributed by atoms with Crippen molar-refractivity contribution in [2.24, 2.45) is 0 Å². The van der Waals surface area contributed by atoms with Gasteiger partial charge in [0.2, 0.25) is 0 Å². The van der Waals surface area contributed by atoms with Crippen molar-refractivity contribution >= 4 is 21.5 Å². The van der Waals surface area contributed by atoms with Crippen LogP contribution in [0.4, 0.5) is 13.2 Å². The number of hydrogen-bond acceptors (Lipinski definition) is 1. The van der Waals surface area contributed by atoms with Crippen LogP contribution in [0.2, 0.25) is 0 Å². The average molecular weight is 361 g/mol. The zero-order chi connectivity index (χ0) is 16.2. The van der Waals surface area contributed by atoms with Crippen LogP contribution < -0.4 is 4.74 Å². The summed E-state index contributed by atoms with van der Waals surface area (Å²) in [6.45, 7) is 6.56. The number of rotatable bonds is 4. The standard InChI is InChI=1S/C16H16BrF3O/c1-10(9-11(2)16(18,19)20)15(17)12(3)13-5-7-14(21-4)8-6-13/h5-9H,3H2,1-2,4H3. The van der Waals surface area contributed by atoms with Crippen LogP contribution in [-0.4, -0.2) is 13.3 Å². The van der Waals surface area contributed by atoms with Gasteiger partial charge in [-0.15, -0.1) is 0 Å². The lowest BCUT2D eigenvalue weighted by atomic mass is 10.0. The van der Waals surface area contributed by atoms with Gasteiger partial charge in [-0.25, -0.2) is 0 Å². The van der Waals surface area contributed by atoms with Crippen molar-refractivity contribution in [3.8, 4) is 5.75 Å². The molecule has 0 aliphatic carbocycles. The van der Waals surface area contributed by atoms with Gasteiger partial charge in [0.05, 0.1) is 7.11 Å². The second-order valence-corrected chi connectivity index (χ2v) is 5.32. The van der Waals surface area contributed by atoms with Crippen LogP contribution in [0.25, 0.3) is 5.57 Å². The second-order valence-electron chi connectivity index (χ2n) is 4.53. The van der Waals surface area contributed by atoms with Gasteiger partial charge in [-0.3, -0.25) is 0 Å². The van der Waals surface area contributed by atoms with Gasteiger partial charge in [-0.05, 0) is 58.6 Å². The quantitative estimate of drug-likeness (QED) is 0.608. The van der Waals surface area contributed by atoms with Crippen LogP contribution in [-0.2, 0) is 0 Å². The number of hydrogen-bond donors (Lipinski definition) is 0. The molecule has 1 rings (SSSR count). The van der Waals surface area contributed by atoms with E-state index >= 15 is 0 Å². The summed E-state index contributed by atoms with van der Waals surface area (Å²) in [7, 11) is 1.56. The maximum absolute atomic E-state index is 12.5. The lowest BCUT2D eigenvalue weighted by molar-refractivity contribution is -0.0913. The molecule has 5 heteroatoms. The van der Waals surface area contributed by atoms with Crippen LogP contribution in [0.1, 0.15) is 19.4 Å². The Morgan fingerprint density at radius 2 is 1.71 bits per heavy atom. The first-order valence-electron chi connectivity index (χ1n) is 6.12. The summed E-state index contributed by atoms with van der Waals surface area (Å²) >= 11 is 3.31. The molecule has 0 heterocycles. The van der Waals surface area contributed by atoms with Gasteiger partial charge in [-0.1, -0.05) is 24.8 Å². The lowest BCUT2D eigenvalue weighted by Gasteiger charge is -2.10. The molecule has 114 valence electrons. The van der Waals surface area contributed by atoms with Crippen molar-refractivity contribution in [3.05, 3.63) is 58.1 Å². The largest absolute Gasteiger partial charge is 0.497 e. The molecular formula is C16H16BrF3O. The summed E-state index contributed by atoms with van der Waals surface area (Å²) in [4.78, 5) is 0. The van der Waals surface area contributed by atoms with E-state index in [1.807, 2.05) is 0 Å². The molecule has 0 spiro atoms. The maximum atomic E-state index is 12.5. The molecule has 1 aromatic rings. The van der Waals surface area contributed by atoms with Crippen LogP contribution in [0.5, 0.6) is 5.75 Å². The first-order valence-corrected chi connectivity index (χ1v) is 6.91. The molecule has 0 saturated carbocycles. The molecule has 1 nitrogen and oxygen atoms in total. The minimum atomic E-state index is -4.32. The van der Waals surface area contributed by atoms with Crippen LogP contribution in [0.3, 0.4) is 0 Å². The van der Waals surface area contributed by atoms with Gasteiger partial charge in [0.25, 0.3) is 0 Å². The number of halogens is 4. The van der Waals surface area contributed by atoms with Crippen LogP contribution in [0.15, 0.2) is 52.5 Å². The molecule has 1 aromatic carbocycles. The third kappa shape index (κ3) is 4.77. The fraction of sp³-hybridized carbons (Fsp3) is 0.250. The molecular weight excluding hydrogens is 345 g/mol. The zero-order valence-corrected chi connectivity index (χ0v) is 13.6. The maximum Gasteiger partial charge on any atom is 0.412 e. The highest BCUT2D eigenvalue weighted by Crippen LogP contribution is 2.32. The van der Waals surface area contributed by atoms with Crippen molar-refractivity contribution in [1.29, 1.82) is 0 Å². The van der Waals surface area contributed by atoms with Crippen molar-refractivity contribution in [3.63, 3.8) is 0 Å². The molecule has 0 N–H and O–H groups in total. The van der Waals surface area contributed by atoms with E-state index in [2.05, 4.69) is 22.5 Å². The summed E-state index contributed by atoms with van der Waals surface area (Å²) in [6.07, 6.45) is -3.23. The Kier molecular flexibility index (Phi) is 5.84. The van der Waals surface area contributed by atoms with Crippen molar-refractivity contribution in [2.75, 3.05) is 7.11 Å². The third-order valence-corrected chi connectivity index (χ3v) is 4.03. The number of ether oxygens (including phenoxy) is 1. The monoisotopic (exact) mass is 360 g/mol. The van der Waals surface area contributed by atoms with E-state index in [1.54, 1.807) is 38.3 Å². The predicted molar refractivity (Wildman–Crippen MR) is 83.5 cm³/mol. The Balaban J connectivity index is 3.07. The second kappa shape index (κ2) is 6.98. The van der Waals surface area contributed by atoms with Crippen molar-refractivity contribution in [2.45, 2.75) is 20.0 Å². The molecule has 0 amide bonds. The molecule has 0 unspecified atom stereocenters. The van der Waals surface area contributed by atoms with Gasteiger partial charge < -0.3 is 4.74 Å². The zero-order valence-electron chi connectivity index (χ0n) is 12.0. The highest BCUT2D eigenvalue weighted by Gasteiger charge is 2.29. The third-order valence-electron chi connectivity index (χ3n) is 2.93. The molecule has 0 aliphatic rings. The minimum Gasteiger partial charge on any atom is -0.497 e. The Morgan fingerprint density at radius 3 is 2.14 bits per heavy atom. The molecule has 0 saturated heterocycles. The van der Waals surface area contributed by atoms with Crippen molar-refractivity contribution < 1.29 is 17.9 Å². The smallest absolute Gasteiger partial charge is 0.412 e. The number of alkyl halides is 3. The number of benzene rings is 1. The molecule has 21 heavy (non-hydrogen) atoms. The van der Waals surface area contributed by atoms with Gasteiger partial charge in [0, 0.05) is 10.1 Å². The van der Waals surface area contributed by atoms with E-state index in [0.717, 1.165) is 18.6 Å². The normalized spacial score (nSPS) is 13.8. The molecule has 0 fully saturated rings. The Labute approximate surface area is 130 Å². The van der Waals surface area contributed by atoms with E-state index in [1.165, 1.54) is 0 Å². The van der Waals surface area contributed by atoms with Gasteiger partial charge >= 0.3 is 6.18 Å². The van der Waals surface area contributed by atoms with Crippen LogP contribution in [0, 0.1) is 0 Å². The number of allylic oxidation sites excluding steroid dienone is 5. The SMILES string of the molecule is C=C(C(Br)=C(C)C=C(C)C(F)(F)F)c1ccc(OC)cc1. The summed E-state index contributed by atoms with van der Waals surface area (Å²) in [5, 5.41) is 0. The fourth-order valence-corrected chi connectivity index (χ4v) is 1.97. The Hall–Kier alpha value is -1.49. The van der Waals surface area contributed by atoms with E-state index in [9.17, 15) is 13.2 Å². The van der Waals surface area contributed by atoms with Gasteiger partial charge in [0.1, 0.15) is 5.75 Å². The molecule has 0 atom stereocenters. The highest BCUT2D eigenvalue weighted by molar-refractivity contribution is 9.12. The molecule has 0 radical (unpaired) electrons. The van der Waals surface area contributed by atoms with E-state index in [0.29, 0.717) is 21.4 Å². The fourth-order valence-electron chi connectivity index (χ4n) is 1.63. The van der Waals surface area contributed by atoms with Crippen molar-refractivity contribution in [1.82, 2.24) is 0 Å². The summed E-state index contributed by atoms with van der Waals surface area (Å²) < 4.78 is 43.2. The van der Waals surface area contributed by atoms with Gasteiger partial charge in [0.15, 0.2) is 0 Å². The summed E-state index contributed by atoms with van der Waals surface area (Å²) in [6, 6.07) is 7.14. The van der Waals surface area contributed by atoms with Gasteiger partial charge in [-0.2, -0.15) is 13.2 Å². The topological polar surface area (TPSA) is 9.23 Å². The summed E-state index contributed by atoms with van der Waals surface area (Å²) in [5.74, 6) is 0.705. The van der Waals surface area contributed by atoms with E-state index in [4.69, 9.17) is 4.74 Å². The average Bonchev–Trinajstić information content (AvgIpc) is 2.44. The molecule has 0 aliphatic heterocycles. The summed E-state index contributed by atoms with van der Waals surface area (Å²) in [5.41, 5.74) is 1.23. The Morgan fingerprint density at radius 1 is 1.19 bits per heavy atom. The van der Waals surface area contributed by atoms with E-state index in [-0.39, 0.29) is 0 Å². The van der Waals surface area contributed by atoms with Crippen LogP contribution >= 0.6 is 15.9 Å². The van der Waals surface area contributed by atoms with E-state index < -0.39 is 11.7 Å². The Bertz CT molecular complexity index is 581. The predicted octanol–water partition coefficient (Wildman–Crippen LogP) is 5.89. The molecule has 0 bridgehead atoms. The lowest BCUT2D eigenvalue weighted by Crippen LogP contribution is -2.08. The number of methoxy groups -OCH3 is 1.